The van der Waals surface area contributed by atoms with Crippen molar-refractivity contribution in [3.05, 3.63) is 35.4 Å². The molecule has 0 saturated carbocycles. The molecule has 32 heavy (non-hydrogen) atoms. The number of carbonyl (C=O) groups is 2. The van der Waals surface area contributed by atoms with Crippen molar-refractivity contribution in [3.8, 4) is 0 Å². The number of ether oxygens (including phenoxy) is 1. The van der Waals surface area contributed by atoms with Crippen LogP contribution >= 0.6 is 0 Å². The Kier molecular flexibility index (Phi) is 10.5. The molecule has 0 atom stereocenters. The van der Waals surface area contributed by atoms with E-state index in [2.05, 4.69) is 20.9 Å². The second kappa shape index (κ2) is 12.3. The summed E-state index contributed by atoms with van der Waals surface area (Å²) in [4.78, 5) is 30.6. The third kappa shape index (κ3) is 9.16. The van der Waals surface area contributed by atoms with Gasteiger partial charge < -0.3 is 25.6 Å². The number of alkyl carbamates (subject to hydrolysis) is 1. The average Bonchev–Trinajstić information content (AvgIpc) is 2.73. The van der Waals surface area contributed by atoms with Crippen molar-refractivity contribution in [3.63, 3.8) is 0 Å². The molecular weight excluding hydrogens is 406 g/mol. The number of hydrogen-bond acceptors (Lipinski definition) is 4. The molecule has 0 aliphatic rings. The number of carbonyl (C=O) groups excluding carboxylic acids is 2. The van der Waals surface area contributed by atoms with Crippen LogP contribution in [0.25, 0.3) is 0 Å². The highest BCUT2D eigenvalue weighted by molar-refractivity contribution is 5.93. The van der Waals surface area contributed by atoms with E-state index >= 15 is 0 Å². The highest BCUT2D eigenvalue weighted by Crippen LogP contribution is 2.16. The van der Waals surface area contributed by atoms with E-state index in [1.807, 2.05) is 65.8 Å². The summed E-state index contributed by atoms with van der Waals surface area (Å²) in [6, 6.07) is 7.46. The lowest BCUT2D eigenvalue weighted by molar-refractivity contribution is 0.0448. The molecule has 0 radical (unpaired) electrons. The second-order valence-corrected chi connectivity index (χ2v) is 9.06. The van der Waals surface area contributed by atoms with E-state index < -0.39 is 17.2 Å². The number of nitrogens with one attached hydrogen (secondary N) is 3. The summed E-state index contributed by atoms with van der Waals surface area (Å²) in [5.41, 5.74) is 0.652. The summed E-state index contributed by atoms with van der Waals surface area (Å²) in [6.07, 6.45) is 1.07. The molecule has 0 saturated heterocycles. The molecular formula is C24H41N5O3. The van der Waals surface area contributed by atoms with E-state index in [-0.39, 0.29) is 5.91 Å². The van der Waals surface area contributed by atoms with Crippen molar-refractivity contribution >= 4 is 18.0 Å². The smallest absolute Gasteiger partial charge is 0.408 e. The molecule has 8 nitrogen and oxygen atoms in total. The van der Waals surface area contributed by atoms with E-state index in [4.69, 9.17) is 4.74 Å². The maximum absolute atomic E-state index is 12.4. The van der Waals surface area contributed by atoms with Crippen molar-refractivity contribution in [2.75, 3.05) is 27.2 Å². The molecule has 0 aromatic heterocycles. The van der Waals surface area contributed by atoms with E-state index in [9.17, 15) is 9.59 Å². The van der Waals surface area contributed by atoms with Crippen LogP contribution in [-0.4, -0.2) is 61.2 Å². The minimum Gasteiger partial charge on any atom is -0.444 e. The Labute approximate surface area is 193 Å². The lowest BCUT2D eigenvalue weighted by Crippen LogP contribution is -2.57. The maximum atomic E-state index is 12.4. The predicted molar refractivity (Wildman–Crippen MR) is 130 cm³/mol. The van der Waals surface area contributed by atoms with Crippen molar-refractivity contribution in [1.82, 2.24) is 20.9 Å². The first-order chi connectivity index (χ1) is 14.9. The fraction of sp³-hybridized carbons (Fsp3) is 0.625. The first-order valence-electron chi connectivity index (χ1n) is 11.3. The van der Waals surface area contributed by atoms with Gasteiger partial charge in [-0.25, -0.2) is 9.79 Å². The normalized spacial score (nSPS) is 12.2. The van der Waals surface area contributed by atoms with Gasteiger partial charge in [-0.2, -0.15) is 0 Å². The second-order valence-electron chi connectivity index (χ2n) is 9.06. The van der Waals surface area contributed by atoms with Gasteiger partial charge in [-0.15, -0.1) is 0 Å². The van der Waals surface area contributed by atoms with Crippen LogP contribution < -0.4 is 16.0 Å². The minimum absolute atomic E-state index is 0.0250. The third-order valence-electron chi connectivity index (χ3n) is 5.08. The zero-order valence-corrected chi connectivity index (χ0v) is 21.0. The molecule has 0 unspecified atom stereocenters. The quantitative estimate of drug-likeness (QED) is 0.398. The van der Waals surface area contributed by atoms with Gasteiger partial charge in [0, 0.05) is 32.7 Å². The van der Waals surface area contributed by atoms with Gasteiger partial charge in [0.25, 0.3) is 5.91 Å². The molecule has 0 heterocycles. The van der Waals surface area contributed by atoms with Gasteiger partial charge in [-0.1, -0.05) is 26.0 Å². The Balaban J connectivity index is 2.84. The summed E-state index contributed by atoms with van der Waals surface area (Å²) in [7, 11) is 3.47. The van der Waals surface area contributed by atoms with Crippen molar-refractivity contribution in [2.45, 2.75) is 72.1 Å². The summed E-state index contributed by atoms with van der Waals surface area (Å²) in [6.45, 7) is 13.3. The van der Waals surface area contributed by atoms with E-state index in [0.717, 1.165) is 18.4 Å². The predicted octanol–water partition coefficient (Wildman–Crippen LogP) is 3.53. The summed E-state index contributed by atoms with van der Waals surface area (Å²) in [5, 5.41) is 9.64. The van der Waals surface area contributed by atoms with Crippen LogP contribution in [-0.2, 0) is 11.3 Å². The van der Waals surface area contributed by atoms with Crippen molar-refractivity contribution < 1.29 is 14.3 Å². The standard InChI is InChI=1S/C24H41N5O3/c1-9-24(10-2,28-22(31)32-23(4,5)6)17-27-21(25-11-3)26-16-18-12-14-19(15-13-18)20(30)29(7)8/h12-15H,9-11,16-17H2,1-8H3,(H,28,31)(H2,25,26,27). The molecule has 0 bridgehead atoms. The first kappa shape index (κ1) is 27.3. The fourth-order valence-corrected chi connectivity index (χ4v) is 3.02. The van der Waals surface area contributed by atoms with Crippen LogP contribution in [0.3, 0.4) is 0 Å². The third-order valence-corrected chi connectivity index (χ3v) is 5.08. The van der Waals surface area contributed by atoms with Crippen molar-refractivity contribution in [2.24, 2.45) is 4.99 Å². The molecule has 1 aromatic rings. The SMILES string of the molecule is CCNC(=NCc1ccc(C(=O)N(C)C)cc1)NCC(CC)(CC)NC(=O)OC(C)(C)C. The van der Waals surface area contributed by atoms with Crippen LogP contribution in [0.5, 0.6) is 0 Å². The molecule has 3 N–H and O–H groups in total. The monoisotopic (exact) mass is 447 g/mol. The first-order valence-corrected chi connectivity index (χ1v) is 11.3. The van der Waals surface area contributed by atoms with Gasteiger partial charge in [0.2, 0.25) is 0 Å². The minimum atomic E-state index is -0.548. The molecule has 1 rings (SSSR count). The van der Waals surface area contributed by atoms with Gasteiger partial charge in [0.05, 0.1) is 12.1 Å². The number of nitrogens with zero attached hydrogens (tertiary/aromatic N) is 2. The lowest BCUT2D eigenvalue weighted by atomic mass is 9.93. The lowest BCUT2D eigenvalue weighted by Gasteiger charge is -2.34. The van der Waals surface area contributed by atoms with Gasteiger partial charge in [0.1, 0.15) is 5.60 Å². The number of aliphatic imine (C=N–C) groups is 1. The van der Waals surface area contributed by atoms with E-state index in [1.165, 1.54) is 0 Å². The highest BCUT2D eigenvalue weighted by Gasteiger charge is 2.30. The number of benzene rings is 1. The van der Waals surface area contributed by atoms with Crippen LogP contribution in [0.15, 0.2) is 29.3 Å². The van der Waals surface area contributed by atoms with Crippen LogP contribution in [0.2, 0.25) is 0 Å². The molecule has 180 valence electrons. The van der Waals surface area contributed by atoms with Gasteiger partial charge in [0.15, 0.2) is 5.96 Å². The fourth-order valence-electron chi connectivity index (χ4n) is 3.02. The number of rotatable bonds is 9. The number of amides is 2. The van der Waals surface area contributed by atoms with Gasteiger partial charge in [-0.05, 0) is 58.2 Å². The zero-order valence-electron chi connectivity index (χ0n) is 21.0. The number of guanidine groups is 1. The average molecular weight is 448 g/mol. The molecule has 1 aromatic carbocycles. The van der Waals surface area contributed by atoms with E-state index in [1.54, 1.807) is 19.0 Å². The summed E-state index contributed by atoms with van der Waals surface area (Å²) < 4.78 is 5.45. The highest BCUT2D eigenvalue weighted by atomic mass is 16.6. The van der Waals surface area contributed by atoms with Crippen LogP contribution in [0, 0.1) is 0 Å². The van der Waals surface area contributed by atoms with Crippen LogP contribution in [0.1, 0.15) is 70.3 Å². The number of hydrogen-bond donors (Lipinski definition) is 3. The Bertz CT molecular complexity index is 763. The van der Waals surface area contributed by atoms with Crippen molar-refractivity contribution in [1.29, 1.82) is 0 Å². The Morgan fingerprint density at radius 3 is 2.06 bits per heavy atom. The maximum Gasteiger partial charge on any atom is 0.408 e. The summed E-state index contributed by atoms with van der Waals surface area (Å²) in [5.74, 6) is 0.640. The van der Waals surface area contributed by atoms with E-state index in [0.29, 0.717) is 31.2 Å². The Morgan fingerprint density at radius 1 is 1.00 bits per heavy atom. The molecule has 2 amide bonds. The van der Waals surface area contributed by atoms with Gasteiger partial charge in [-0.3, -0.25) is 4.79 Å². The molecule has 8 heteroatoms. The zero-order chi connectivity index (χ0) is 24.4. The molecule has 0 aliphatic carbocycles. The Morgan fingerprint density at radius 2 is 1.59 bits per heavy atom. The van der Waals surface area contributed by atoms with Gasteiger partial charge >= 0.3 is 6.09 Å². The van der Waals surface area contributed by atoms with Crippen LogP contribution in [0.4, 0.5) is 4.79 Å². The topological polar surface area (TPSA) is 95.1 Å². The Hall–Kier alpha value is -2.77. The molecule has 0 aliphatic heterocycles. The summed E-state index contributed by atoms with van der Waals surface area (Å²) >= 11 is 0. The largest absolute Gasteiger partial charge is 0.444 e. The molecule has 0 fully saturated rings. The molecule has 0 spiro atoms.